The van der Waals surface area contributed by atoms with Crippen molar-refractivity contribution in [2.45, 2.75) is 286 Å². The fraction of sp³-hybridized carbons (Fsp3) is 0.520. The molecule has 7 aromatic carbocycles. The Morgan fingerprint density at radius 3 is 1.37 bits per heavy atom. The van der Waals surface area contributed by atoms with Crippen LogP contribution in [0.2, 0.25) is 0 Å². The number of carbonyl (C=O) groups excluding carboxylic acids is 5. The Morgan fingerprint density at radius 1 is 0.429 bits per heavy atom. The van der Waals surface area contributed by atoms with E-state index < -0.39 is 16.6 Å². The Balaban J connectivity index is 0.000000220. The highest BCUT2D eigenvalue weighted by molar-refractivity contribution is 5.91. The minimum atomic E-state index is -0.461. The van der Waals surface area contributed by atoms with Crippen molar-refractivity contribution in [3.05, 3.63) is 210 Å². The third-order valence-electron chi connectivity index (χ3n) is 23.1. The fourth-order valence-electron chi connectivity index (χ4n) is 14.2. The van der Waals surface area contributed by atoms with Gasteiger partial charge in [0.05, 0.1) is 5.41 Å². The lowest BCUT2D eigenvalue weighted by molar-refractivity contribution is -0.166. The summed E-state index contributed by atoms with van der Waals surface area (Å²) in [6, 6.07) is 55.3. The summed E-state index contributed by atoms with van der Waals surface area (Å²) in [6.45, 7) is 38.9. The highest BCUT2D eigenvalue weighted by atomic mass is 16.6. The first kappa shape index (κ1) is 92.0. The van der Waals surface area contributed by atoms with Crippen molar-refractivity contribution in [2.24, 2.45) is 17.3 Å². The van der Waals surface area contributed by atoms with Crippen molar-refractivity contribution in [2.75, 3.05) is 26.4 Å². The van der Waals surface area contributed by atoms with E-state index in [4.69, 9.17) is 42.6 Å². The van der Waals surface area contributed by atoms with E-state index in [-0.39, 0.29) is 68.0 Å². The summed E-state index contributed by atoms with van der Waals surface area (Å²) < 4.78 is 50.4. The molecule has 0 N–H and O–H groups in total. The molecule has 3 fully saturated rings. The highest BCUT2D eigenvalue weighted by Crippen LogP contribution is 2.40. The summed E-state index contributed by atoms with van der Waals surface area (Å²) in [5.41, 5.74) is 5.43. The maximum Gasteiger partial charge on any atom is 0.344 e. The van der Waals surface area contributed by atoms with Crippen LogP contribution in [0.3, 0.4) is 0 Å². The van der Waals surface area contributed by atoms with Gasteiger partial charge >= 0.3 is 29.8 Å². The number of rotatable bonds is 32. The van der Waals surface area contributed by atoms with Gasteiger partial charge in [-0.25, -0.2) is 19.2 Å². The van der Waals surface area contributed by atoms with E-state index in [1.165, 1.54) is 59.7 Å². The van der Waals surface area contributed by atoms with E-state index >= 15 is 0 Å². The van der Waals surface area contributed by atoms with Gasteiger partial charge in [0.2, 0.25) is 0 Å². The lowest BCUT2D eigenvalue weighted by Gasteiger charge is -2.36. The molecule has 14 nitrogen and oxygen atoms in total. The predicted molar refractivity (Wildman–Crippen MR) is 453 cm³/mol. The van der Waals surface area contributed by atoms with Gasteiger partial charge in [-0.2, -0.15) is 0 Å². The zero-order chi connectivity index (χ0) is 81.9. The first-order valence-corrected chi connectivity index (χ1v) is 41.7. The van der Waals surface area contributed by atoms with Gasteiger partial charge < -0.3 is 42.6 Å². The standard InChI is InChI=1S/C23H30O3.C21H32O3.C20H30O3.C20H24O3.C14H18O2/c1-4-17(3)18-10-8-12-20-19(18)11-9-13-21(20)25-16-22(24)26-23(5-2)14-6-7-15-23;1-5-16(2)17-10-9-13-19(14-17)23-15-20(22)24-21(3,4)18-11-7-6-8-12-18;1-5-15(2)16-10-12-18(13-11-16)22-14-19(21)23-20(3,4)17-8-6-7-9-17;1-4-15(2)17-10-12-19(13-11-17)22-14-20(21)23-16(3)18-8-6-5-7-9-18;1-5-14(3,4)13(15)16-11(2)12-9-7-6-8-10-12/h8-13,17H,4-7,14-16H2,1-3H3;9-10,13-14,16,18H,5-8,11-12,15H2,1-4H3;10-13,15,17H,5-9,14H2,1-4H3;5-13,15-16H,4,14H2,1-3H3;6-10H,2,5H2,1,3-4H3. The summed E-state index contributed by atoms with van der Waals surface area (Å²) in [5.74, 6) is 4.86. The van der Waals surface area contributed by atoms with E-state index in [0.717, 1.165) is 118 Å². The molecule has 0 aliphatic heterocycles. The molecule has 5 unspecified atom stereocenters. The molecule has 0 amide bonds. The Hall–Kier alpha value is -8.91. The second-order valence-corrected chi connectivity index (χ2v) is 32.4. The summed E-state index contributed by atoms with van der Waals surface area (Å²) in [6.07, 6.45) is 20.8. The van der Waals surface area contributed by atoms with Gasteiger partial charge in [-0.05, 0) is 250 Å². The molecular formula is C98H134O14. The summed E-state index contributed by atoms with van der Waals surface area (Å²) in [7, 11) is 0. The molecule has 0 spiro atoms. The average molecular weight is 1540 g/mol. The molecule has 10 rings (SSSR count). The normalized spacial score (nSPS) is 15.5. The average Bonchev–Trinajstić information content (AvgIpc) is 1.01. The maximum absolute atomic E-state index is 12.3. The summed E-state index contributed by atoms with van der Waals surface area (Å²) in [5, 5.41) is 2.26. The van der Waals surface area contributed by atoms with Crippen LogP contribution in [0.25, 0.3) is 16.5 Å². The van der Waals surface area contributed by atoms with Crippen LogP contribution in [0.5, 0.6) is 23.0 Å². The molecule has 0 heterocycles. The van der Waals surface area contributed by atoms with Crippen molar-refractivity contribution in [1.29, 1.82) is 0 Å². The monoisotopic (exact) mass is 1530 g/mol. The van der Waals surface area contributed by atoms with Crippen LogP contribution in [-0.4, -0.2) is 73.1 Å². The molecule has 7 aromatic rings. The van der Waals surface area contributed by atoms with Crippen LogP contribution in [0, 0.1) is 17.3 Å². The van der Waals surface area contributed by atoms with Crippen molar-refractivity contribution in [3.8, 4) is 23.0 Å². The van der Waals surface area contributed by atoms with Gasteiger partial charge in [0.15, 0.2) is 26.4 Å². The zero-order valence-electron chi connectivity index (χ0n) is 70.9. The highest BCUT2D eigenvalue weighted by Gasteiger charge is 2.38. The maximum atomic E-state index is 12.3. The molecule has 0 saturated heterocycles. The number of ether oxygens (including phenoxy) is 9. The number of hydrogen-bond donors (Lipinski definition) is 0. The Bertz CT molecular complexity index is 3950. The van der Waals surface area contributed by atoms with Crippen LogP contribution in [0.15, 0.2) is 176 Å². The van der Waals surface area contributed by atoms with Crippen LogP contribution in [-0.2, 0) is 47.7 Å². The molecule has 3 aliphatic rings. The quantitative estimate of drug-likeness (QED) is 0.0222. The van der Waals surface area contributed by atoms with Gasteiger partial charge in [0, 0.05) is 10.9 Å². The molecule has 610 valence electrons. The van der Waals surface area contributed by atoms with Gasteiger partial charge in [-0.1, -0.05) is 235 Å². The number of fused-ring (bicyclic) bond motifs is 1. The second-order valence-electron chi connectivity index (χ2n) is 32.4. The van der Waals surface area contributed by atoms with Gasteiger partial charge in [-0.3, -0.25) is 4.79 Å². The van der Waals surface area contributed by atoms with Crippen molar-refractivity contribution >= 4 is 46.4 Å². The third kappa shape index (κ3) is 29.9. The number of esters is 5. The molecule has 3 aliphatic carbocycles. The first-order chi connectivity index (χ1) is 53.5. The third-order valence-corrected chi connectivity index (χ3v) is 23.1. The van der Waals surface area contributed by atoms with E-state index in [1.807, 2.05) is 183 Å². The second kappa shape index (κ2) is 46.3. The molecule has 112 heavy (non-hydrogen) atoms. The van der Waals surface area contributed by atoms with E-state index in [1.54, 1.807) is 0 Å². The molecule has 5 atom stereocenters. The lowest BCUT2D eigenvalue weighted by Crippen LogP contribution is -2.39. The minimum absolute atomic E-state index is 0.0277. The largest absolute Gasteiger partial charge is 0.482 e. The van der Waals surface area contributed by atoms with Crippen molar-refractivity contribution in [3.63, 3.8) is 0 Å². The predicted octanol–water partition coefficient (Wildman–Crippen LogP) is 25.1. The lowest BCUT2D eigenvalue weighted by atomic mass is 9.79. The number of carbonyl (C=O) groups is 5. The summed E-state index contributed by atoms with van der Waals surface area (Å²) in [4.78, 5) is 60.3. The number of benzene rings is 7. The van der Waals surface area contributed by atoms with Crippen molar-refractivity contribution < 1.29 is 66.6 Å². The molecule has 0 bridgehead atoms. The molecule has 0 radical (unpaired) electrons. The zero-order valence-corrected chi connectivity index (χ0v) is 70.9. The van der Waals surface area contributed by atoms with E-state index in [0.29, 0.717) is 52.8 Å². The number of hydrogen-bond acceptors (Lipinski definition) is 14. The van der Waals surface area contributed by atoms with Gasteiger partial charge in [-0.15, -0.1) is 0 Å². The molecule has 0 aromatic heterocycles. The topological polar surface area (TPSA) is 168 Å². The SMILES string of the molecule is C=C(OC(=O)C(C)(C)CC)c1ccccc1.CCC(C)c1ccc(OCC(=O)OC(C)(C)C2CCCC2)cc1.CCC(C)c1ccc(OCC(=O)OC(C)c2ccccc2)cc1.CCC(C)c1cccc(OCC(=O)OC(C)(C)C2CCCCC2)c1.CCC(C)c1cccc2c(OCC(=O)OC3(CC)CCCC3)cccc12. The minimum Gasteiger partial charge on any atom is -0.482 e. The van der Waals surface area contributed by atoms with E-state index in [9.17, 15) is 24.0 Å². The van der Waals surface area contributed by atoms with Gasteiger partial charge in [0.25, 0.3) is 0 Å². The Labute approximate surface area is 672 Å². The van der Waals surface area contributed by atoms with Crippen molar-refractivity contribution in [1.82, 2.24) is 0 Å². The Morgan fingerprint density at radius 2 is 0.866 bits per heavy atom. The first-order valence-electron chi connectivity index (χ1n) is 41.7. The van der Waals surface area contributed by atoms with Crippen LogP contribution >= 0.6 is 0 Å². The smallest absolute Gasteiger partial charge is 0.344 e. The fourth-order valence-corrected chi connectivity index (χ4v) is 14.2. The molecule has 14 heteroatoms. The molecular weight excluding hydrogens is 1400 g/mol. The summed E-state index contributed by atoms with van der Waals surface area (Å²) >= 11 is 0. The Kier molecular flexibility index (Phi) is 38.0. The van der Waals surface area contributed by atoms with Crippen LogP contribution in [0.1, 0.15) is 303 Å². The van der Waals surface area contributed by atoms with E-state index in [2.05, 4.69) is 111 Å². The molecule has 3 saturated carbocycles. The van der Waals surface area contributed by atoms with Crippen LogP contribution in [0.4, 0.5) is 0 Å². The van der Waals surface area contributed by atoms with Crippen LogP contribution < -0.4 is 18.9 Å². The van der Waals surface area contributed by atoms with Gasteiger partial charge in [0.1, 0.15) is 51.7 Å².